The third-order valence-electron chi connectivity index (χ3n) is 4.97. The molecule has 2 aliphatic rings. The summed E-state index contributed by atoms with van der Waals surface area (Å²) in [5.41, 5.74) is 11.7. The minimum Gasteiger partial charge on any atom is -0.368 e. The van der Waals surface area contributed by atoms with Crippen molar-refractivity contribution in [2.24, 2.45) is 22.0 Å². The summed E-state index contributed by atoms with van der Waals surface area (Å²) >= 11 is 0. The zero-order valence-corrected chi connectivity index (χ0v) is 17.3. The molecule has 27 heavy (non-hydrogen) atoms. The van der Waals surface area contributed by atoms with E-state index in [4.69, 9.17) is 5.73 Å². The van der Waals surface area contributed by atoms with Crippen LogP contribution in [0.3, 0.4) is 0 Å². The van der Waals surface area contributed by atoms with E-state index in [-0.39, 0.29) is 30.8 Å². The van der Waals surface area contributed by atoms with Gasteiger partial charge in [-0.15, -0.1) is 24.8 Å². The Kier molecular flexibility index (Phi) is 11.0. The minimum atomic E-state index is 0. The van der Waals surface area contributed by atoms with Crippen molar-refractivity contribution >= 4 is 54.8 Å². The van der Waals surface area contributed by atoms with E-state index in [1.165, 1.54) is 64.2 Å². The Morgan fingerprint density at radius 2 is 1.19 bits per heavy atom. The Balaban J connectivity index is 0.00000182. The maximum absolute atomic E-state index is 5.78. The summed E-state index contributed by atoms with van der Waals surface area (Å²) in [6, 6.07) is 1.77. The molecular formula is C18H31Cl2N7. The average Bonchev–Trinajstić information content (AvgIpc) is 2.63. The van der Waals surface area contributed by atoms with Gasteiger partial charge in [0.2, 0.25) is 5.95 Å². The second-order valence-electron chi connectivity index (χ2n) is 7.07. The fourth-order valence-electron chi connectivity index (χ4n) is 3.56. The zero-order valence-electron chi connectivity index (χ0n) is 15.6. The van der Waals surface area contributed by atoms with Gasteiger partial charge < -0.3 is 5.73 Å². The molecule has 152 valence electrons. The first-order valence-electron chi connectivity index (χ1n) is 9.52. The molecule has 1 aromatic rings. The quantitative estimate of drug-likeness (QED) is 0.454. The van der Waals surface area contributed by atoms with Gasteiger partial charge in [0.25, 0.3) is 0 Å². The minimum absolute atomic E-state index is 0. The summed E-state index contributed by atoms with van der Waals surface area (Å²) in [5.74, 6) is 2.49. The normalized spacial score (nSPS) is 18.8. The van der Waals surface area contributed by atoms with Crippen molar-refractivity contribution in [3.63, 3.8) is 0 Å². The lowest BCUT2D eigenvalue weighted by molar-refractivity contribution is 0.445. The maximum atomic E-state index is 5.78. The summed E-state index contributed by atoms with van der Waals surface area (Å²) in [7, 11) is 0. The number of rotatable bonds is 6. The monoisotopic (exact) mass is 415 g/mol. The van der Waals surface area contributed by atoms with Crippen LogP contribution in [0.5, 0.6) is 0 Å². The van der Waals surface area contributed by atoms with Crippen LogP contribution in [0.1, 0.15) is 64.2 Å². The lowest BCUT2D eigenvalue weighted by Crippen LogP contribution is -2.09. The third-order valence-corrected chi connectivity index (χ3v) is 4.97. The fraction of sp³-hybridized carbons (Fsp3) is 0.667. The van der Waals surface area contributed by atoms with E-state index in [1.54, 1.807) is 6.07 Å². The number of nitrogens with one attached hydrogen (secondary N) is 2. The van der Waals surface area contributed by atoms with Gasteiger partial charge in [0.15, 0.2) is 11.6 Å². The SMILES string of the molecule is Cl.Cl.Nc1nc(N/N=C/C2CCCCC2)cc(N/N=C/C2CCCCC2)n1. The molecule has 0 radical (unpaired) electrons. The molecule has 1 heterocycles. The van der Waals surface area contributed by atoms with Crippen molar-refractivity contribution in [2.45, 2.75) is 64.2 Å². The van der Waals surface area contributed by atoms with Gasteiger partial charge in [0, 0.05) is 18.5 Å². The molecule has 2 saturated carbocycles. The highest BCUT2D eigenvalue weighted by atomic mass is 35.5. The van der Waals surface area contributed by atoms with E-state index >= 15 is 0 Å². The molecule has 4 N–H and O–H groups in total. The molecule has 1 aromatic heterocycles. The van der Waals surface area contributed by atoms with Gasteiger partial charge >= 0.3 is 0 Å². The predicted molar refractivity (Wildman–Crippen MR) is 118 cm³/mol. The molecular weight excluding hydrogens is 385 g/mol. The van der Waals surface area contributed by atoms with E-state index in [1.807, 2.05) is 12.4 Å². The van der Waals surface area contributed by atoms with E-state index < -0.39 is 0 Å². The Labute approximate surface area is 173 Å². The van der Waals surface area contributed by atoms with Crippen LogP contribution >= 0.6 is 24.8 Å². The molecule has 0 amide bonds. The standard InChI is InChI=1S/C18H29N7.2ClH/c19-18-22-16(24-20-12-14-7-3-1-4-8-14)11-17(23-18)25-21-13-15-9-5-2-6-10-15;;/h11-15H,1-10H2,(H4,19,22,23,24,25);2*1H/b20-12+,21-13+;;. The highest BCUT2D eigenvalue weighted by molar-refractivity contribution is 5.85. The molecule has 0 aliphatic heterocycles. The van der Waals surface area contributed by atoms with Crippen molar-refractivity contribution in [1.82, 2.24) is 9.97 Å². The molecule has 0 aromatic carbocycles. The number of hydrogen-bond acceptors (Lipinski definition) is 7. The number of hydrogen-bond donors (Lipinski definition) is 3. The number of nitrogens with two attached hydrogens (primary N) is 1. The van der Waals surface area contributed by atoms with Gasteiger partial charge in [0.1, 0.15) is 0 Å². The second-order valence-corrected chi connectivity index (χ2v) is 7.07. The van der Waals surface area contributed by atoms with Gasteiger partial charge in [-0.05, 0) is 37.5 Å². The molecule has 0 atom stereocenters. The number of aromatic nitrogens is 2. The maximum Gasteiger partial charge on any atom is 0.224 e. The van der Waals surface area contributed by atoms with Crippen LogP contribution in [0, 0.1) is 11.8 Å². The van der Waals surface area contributed by atoms with Crippen LogP contribution in [-0.4, -0.2) is 22.4 Å². The van der Waals surface area contributed by atoms with Crippen LogP contribution in [0.2, 0.25) is 0 Å². The predicted octanol–water partition coefficient (Wildman–Crippen LogP) is 4.86. The summed E-state index contributed by atoms with van der Waals surface area (Å²) in [5, 5.41) is 8.63. The Morgan fingerprint density at radius 3 is 1.59 bits per heavy atom. The van der Waals surface area contributed by atoms with Gasteiger partial charge in [-0.2, -0.15) is 20.2 Å². The largest absolute Gasteiger partial charge is 0.368 e. The summed E-state index contributed by atoms with van der Waals surface area (Å²) in [6.07, 6.45) is 16.7. The van der Waals surface area contributed by atoms with Crippen molar-refractivity contribution in [2.75, 3.05) is 16.6 Å². The van der Waals surface area contributed by atoms with Gasteiger partial charge in [-0.1, -0.05) is 38.5 Å². The first-order chi connectivity index (χ1) is 12.3. The summed E-state index contributed by atoms with van der Waals surface area (Å²) in [4.78, 5) is 8.33. The third kappa shape index (κ3) is 8.30. The molecule has 2 fully saturated rings. The van der Waals surface area contributed by atoms with Crippen molar-refractivity contribution in [3.05, 3.63) is 6.07 Å². The molecule has 0 unspecified atom stereocenters. The van der Waals surface area contributed by atoms with Crippen molar-refractivity contribution in [3.8, 4) is 0 Å². The van der Waals surface area contributed by atoms with E-state index in [2.05, 4.69) is 31.0 Å². The first kappa shape index (κ1) is 23.4. The van der Waals surface area contributed by atoms with Crippen LogP contribution in [0.15, 0.2) is 16.3 Å². The van der Waals surface area contributed by atoms with Gasteiger partial charge in [-0.25, -0.2) is 0 Å². The van der Waals surface area contributed by atoms with Crippen LogP contribution < -0.4 is 16.6 Å². The Bertz CT molecular complexity index is 549. The number of anilines is 3. The Hall–Kier alpha value is -1.60. The van der Waals surface area contributed by atoms with Gasteiger partial charge in [0.05, 0.1) is 0 Å². The Morgan fingerprint density at radius 1 is 0.778 bits per heavy atom. The highest BCUT2D eigenvalue weighted by Crippen LogP contribution is 2.23. The molecule has 9 heteroatoms. The van der Waals surface area contributed by atoms with Crippen molar-refractivity contribution < 1.29 is 0 Å². The summed E-state index contributed by atoms with van der Waals surface area (Å²) in [6.45, 7) is 0. The number of hydrazone groups is 2. The molecule has 0 spiro atoms. The number of nitrogens with zero attached hydrogens (tertiary/aromatic N) is 4. The summed E-state index contributed by atoms with van der Waals surface area (Å²) < 4.78 is 0. The lowest BCUT2D eigenvalue weighted by Gasteiger charge is -2.17. The lowest BCUT2D eigenvalue weighted by atomic mass is 9.90. The van der Waals surface area contributed by atoms with E-state index in [0.29, 0.717) is 23.5 Å². The van der Waals surface area contributed by atoms with E-state index in [0.717, 1.165) is 0 Å². The van der Waals surface area contributed by atoms with Crippen LogP contribution in [0.25, 0.3) is 0 Å². The highest BCUT2D eigenvalue weighted by Gasteiger charge is 2.11. The fourth-order valence-corrected chi connectivity index (χ4v) is 3.56. The molecule has 0 bridgehead atoms. The molecule has 7 nitrogen and oxygen atoms in total. The number of halogens is 2. The van der Waals surface area contributed by atoms with Crippen molar-refractivity contribution in [1.29, 1.82) is 0 Å². The molecule has 2 aliphatic carbocycles. The smallest absolute Gasteiger partial charge is 0.224 e. The average molecular weight is 416 g/mol. The van der Waals surface area contributed by atoms with Crippen LogP contribution in [0.4, 0.5) is 17.6 Å². The topological polar surface area (TPSA) is 101 Å². The van der Waals surface area contributed by atoms with Gasteiger partial charge in [-0.3, -0.25) is 10.9 Å². The van der Waals surface area contributed by atoms with Crippen LogP contribution in [-0.2, 0) is 0 Å². The zero-order chi connectivity index (χ0) is 17.3. The second kappa shape index (κ2) is 12.7. The number of nitrogen functional groups attached to an aromatic ring is 1. The van der Waals surface area contributed by atoms with E-state index in [9.17, 15) is 0 Å². The molecule has 3 rings (SSSR count). The first-order valence-corrected chi connectivity index (χ1v) is 9.52. The molecule has 0 saturated heterocycles.